The van der Waals surface area contributed by atoms with Gasteiger partial charge in [0.05, 0.1) is 0 Å². The van der Waals surface area contributed by atoms with Gasteiger partial charge in [0.1, 0.15) is 0 Å². The number of hydrogen-bond donors (Lipinski definition) is 0. The van der Waals surface area contributed by atoms with Crippen LogP contribution in [0, 0.1) is 31.6 Å². The van der Waals surface area contributed by atoms with Crippen LogP contribution >= 0.6 is 0 Å². The quantitative estimate of drug-likeness (QED) is 0.688. The van der Waals surface area contributed by atoms with Crippen molar-refractivity contribution in [3.8, 4) is 0 Å². The van der Waals surface area contributed by atoms with Crippen LogP contribution in [0.4, 0.5) is 0 Å². The van der Waals surface area contributed by atoms with E-state index in [1.807, 2.05) is 6.07 Å². The minimum atomic E-state index is 0.324. The Labute approximate surface area is 96.9 Å². The molecule has 0 aliphatic heterocycles. The maximum Gasteiger partial charge on any atom is 0.166 e. The molecule has 1 heteroatoms. The number of carbonyl (C=O) groups excluding carboxylic acids is 1. The van der Waals surface area contributed by atoms with E-state index in [4.69, 9.17) is 0 Å². The van der Waals surface area contributed by atoms with Gasteiger partial charge in [-0.1, -0.05) is 23.8 Å². The summed E-state index contributed by atoms with van der Waals surface area (Å²) in [7, 11) is 0. The number of Topliss-reactive ketones (excluding diaryl/α,β-unsaturated/α-hetero) is 1. The molecule has 0 bridgehead atoms. The lowest BCUT2D eigenvalue weighted by molar-refractivity contribution is 0.0914. The maximum atomic E-state index is 12.3. The van der Waals surface area contributed by atoms with E-state index in [1.165, 1.54) is 12.0 Å². The monoisotopic (exact) mass is 214 g/mol. The molecule has 0 saturated heterocycles. The summed E-state index contributed by atoms with van der Waals surface area (Å²) in [6, 6.07) is 6.18. The summed E-state index contributed by atoms with van der Waals surface area (Å²) in [5.41, 5.74) is 3.34. The molecular formula is C15H18O. The van der Waals surface area contributed by atoms with Crippen molar-refractivity contribution in [3.63, 3.8) is 0 Å². The molecule has 2 aliphatic carbocycles. The molecule has 0 radical (unpaired) electrons. The van der Waals surface area contributed by atoms with Gasteiger partial charge in [0.2, 0.25) is 0 Å². The minimum Gasteiger partial charge on any atom is -0.294 e. The van der Waals surface area contributed by atoms with Crippen LogP contribution in [-0.2, 0) is 0 Å². The lowest BCUT2D eigenvalue weighted by atomic mass is 9.90. The van der Waals surface area contributed by atoms with Crippen molar-refractivity contribution in [1.82, 2.24) is 0 Å². The number of aryl methyl sites for hydroxylation is 2. The SMILES string of the molecule is Cc1ccc(C(=O)C2CC3CC3C2)c(C)c1. The summed E-state index contributed by atoms with van der Waals surface area (Å²) in [6.07, 6.45) is 3.68. The molecule has 2 fully saturated rings. The molecule has 0 aromatic heterocycles. The highest BCUT2D eigenvalue weighted by molar-refractivity contribution is 5.99. The van der Waals surface area contributed by atoms with Crippen molar-refractivity contribution in [2.45, 2.75) is 33.1 Å². The van der Waals surface area contributed by atoms with Crippen LogP contribution in [0.3, 0.4) is 0 Å². The first-order valence-electron chi connectivity index (χ1n) is 6.26. The molecule has 2 aliphatic rings. The van der Waals surface area contributed by atoms with Crippen molar-refractivity contribution >= 4 is 5.78 Å². The highest BCUT2D eigenvalue weighted by Crippen LogP contribution is 2.55. The summed E-state index contributed by atoms with van der Waals surface area (Å²) in [6.45, 7) is 4.13. The van der Waals surface area contributed by atoms with Gasteiger partial charge in [-0.25, -0.2) is 0 Å². The number of hydrogen-bond acceptors (Lipinski definition) is 1. The molecule has 16 heavy (non-hydrogen) atoms. The molecular weight excluding hydrogens is 196 g/mol. The Morgan fingerprint density at radius 1 is 1.12 bits per heavy atom. The van der Waals surface area contributed by atoms with Crippen LogP contribution in [0.5, 0.6) is 0 Å². The van der Waals surface area contributed by atoms with Crippen LogP contribution in [0.25, 0.3) is 0 Å². The highest BCUT2D eigenvalue weighted by atomic mass is 16.1. The zero-order valence-corrected chi connectivity index (χ0v) is 9.99. The molecule has 2 atom stereocenters. The van der Waals surface area contributed by atoms with E-state index in [-0.39, 0.29) is 0 Å². The number of rotatable bonds is 2. The Balaban J connectivity index is 1.83. The molecule has 1 aromatic rings. The zero-order valence-electron chi connectivity index (χ0n) is 9.99. The van der Waals surface area contributed by atoms with Crippen LogP contribution < -0.4 is 0 Å². The lowest BCUT2D eigenvalue weighted by Gasteiger charge is -2.12. The number of carbonyl (C=O) groups is 1. The summed E-state index contributed by atoms with van der Waals surface area (Å²) >= 11 is 0. The molecule has 1 aromatic carbocycles. The van der Waals surface area contributed by atoms with Gasteiger partial charge in [0.25, 0.3) is 0 Å². The third kappa shape index (κ3) is 1.59. The summed E-state index contributed by atoms with van der Waals surface area (Å²) < 4.78 is 0. The average molecular weight is 214 g/mol. The van der Waals surface area contributed by atoms with Gasteiger partial charge in [-0.05, 0) is 50.5 Å². The van der Waals surface area contributed by atoms with Crippen LogP contribution in [-0.4, -0.2) is 5.78 Å². The largest absolute Gasteiger partial charge is 0.294 e. The van der Waals surface area contributed by atoms with Crippen LogP contribution in [0.15, 0.2) is 18.2 Å². The van der Waals surface area contributed by atoms with E-state index < -0.39 is 0 Å². The summed E-state index contributed by atoms with van der Waals surface area (Å²) in [4.78, 5) is 12.3. The predicted octanol–water partition coefficient (Wildman–Crippen LogP) is 3.53. The molecule has 0 amide bonds. The fourth-order valence-electron chi connectivity index (χ4n) is 3.24. The Hall–Kier alpha value is -1.11. The molecule has 0 spiro atoms. The zero-order chi connectivity index (χ0) is 11.3. The van der Waals surface area contributed by atoms with Gasteiger partial charge in [-0.2, -0.15) is 0 Å². The topological polar surface area (TPSA) is 17.1 Å². The second-order valence-corrected chi connectivity index (χ2v) is 5.61. The van der Waals surface area contributed by atoms with Crippen molar-refractivity contribution in [2.24, 2.45) is 17.8 Å². The van der Waals surface area contributed by atoms with Gasteiger partial charge in [0, 0.05) is 11.5 Å². The van der Waals surface area contributed by atoms with E-state index >= 15 is 0 Å². The fraction of sp³-hybridized carbons (Fsp3) is 0.533. The molecule has 84 valence electrons. The van der Waals surface area contributed by atoms with Crippen molar-refractivity contribution < 1.29 is 4.79 Å². The van der Waals surface area contributed by atoms with E-state index in [2.05, 4.69) is 26.0 Å². The van der Waals surface area contributed by atoms with Crippen LogP contribution in [0.2, 0.25) is 0 Å². The van der Waals surface area contributed by atoms with E-state index in [0.29, 0.717) is 11.7 Å². The Kier molecular flexibility index (Phi) is 2.17. The van der Waals surface area contributed by atoms with E-state index in [0.717, 1.165) is 35.8 Å². The standard InChI is InChI=1S/C15H18O/c1-9-3-4-14(10(2)5-9)15(16)13-7-11-6-12(11)8-13/h3-5,11-13H,6-8H2,1-2H3. The summed E-state index contributed by atoms with van der Waals surface area (Å²) in [5.74, 6) is 2.49. The molecule has 0 heterocycles. The average Bonchev–Trinajstić information content (AvgIpc) is 2.85. The molecule has 2 saturated carbocycles. The molecule has 1 nitrogen and oxygen atoms in total. The summed E-state index contributed by atoms with van der Waals surface area (Å²) in [5, 5.41) is 0. The fourth-order valence-corrected chi connectivity index (χ4v) is 3.24. The molecule has 2 unspecified atom stereocenters. The highest BCUT2D eigenvalue weighted by Gasteiger charge is 2.48. The third-order valence-corrected chi connectivity index (χ3v) is 4.26. The minimum absolute atomic E-state index is 0.324. The first kappa shape index (κ1) is 10.1. The number of fused-ring (bicyclic) bond motifs is 1. The van der Waals surface area contributed by atoms with E-state index in [1.54, 1.807) is 0 Å². The smallest absolute Gasteiger partial charge is 0.166 e. The second kappa shape index (κ2) is 3.44. The van der Waals surface area contributed by atoms with Crippen molar-refractivity contribution in [2.75, 3.05) is 0 Å². The van der Waals surface area contributed by atoms with Crippen molar-refractivity contribution in [1.29, 1.82) is 0 Å². The maximum absolute atomic E-state index is 12.3. The van der Waals surface area contributed by atoms with Crippen LogP contribution in [0.1, 0.15) is 40.7 Å². The lowest BCUT2D eigenvalue weighted by Crippen LogP contribution is -2.14. The Morgan fingerprint density at radius 3 is 2.44 bits per heavy atom. The molecule has 0 N–H and O–H groups in total. The third-order valence-electron chi connectivity index (χ3n) is 4.26. The number of benzene rings is 1. The van der Waals surface area contributed by atoms with Gasteiger partial charge < -0.3 is 0 Å². The first-order chi connectivity index (χ1) is 7.65. The number of ketones is 1. The van der Waals surface area contributed by atoms with Gasteiger partial charge in [-0.3, -0.25) is 4.79 Å². The normalized spacial score (nSPS) is 31.2. The Bertz CT molecular complexity index is 437. The first-order valence-corrected chi connectivity index (χ1v) is 6.26. The Morgan fingerprint density at radius 2 is 1.81 bits per heavy atom. The van der Waals surface area contributed by atoms with Crippen molar-refractivity contribution in [3.05, 3.63) is 34.9 Å². The van der Waals surface area contributed by atoms with Gasteiger partial charge in [0.15, 0.2) is 5.78 Å². The molecule has 3 rings (SSSR count). The predicted molar refractivity (Wildman–Crippen MR) is 64.6 cm³/mol. The second-order valence-electron chi connectivity index (χ2n) is 5.61. The van der Waals surface area contributed by atoms with Gasteiger partial charge in [-0.15, -0.1) is 0 Å². The van der Waals surface area contributed by atoms with E-state index in [9.17, 15) is 4.79 Å². The van der Waals surface area contributed by atoms with Gasteiger partial charge >= 0.3 is 0 Å².